The molecule has 3 nitrogen and oxygen atoms in total. The Hall–Kier alpha value is -1.45. The Balaban J connectivity index is 2.82. The predicted octanol–water partition coefficient (Wildman–Crippen LogP) is 1.82. The fourth-order valence-electron chi connectivity index (χ4n) is 1.47. The molecule has 0 aliphatic carbocycles. The van der Waals surface area contributed by atoms with Gasteiger partial charge in [0.15, 0.2) is 11.5 Å². The van der Waals surface area contributed by atoms with Crippen molar-refractivity contribution in [3.05, 3.63) is 29.2 Å². The highest BCUT2D eigenvalue weighted by molar-refractivity contribution is 5.47. The van der Waals surface area contributed by atoms with E-state index >= 15 is 0 Å². The number of pyridine rings is 1. The lowest BCUT2D eigenvalue weighted by Crippen LogP contribution is -1.94. The van der Waals surface area contributed by atoms with Gasteiger partial charge in [-0.15, -0.1) is 10.2 Å². The molecule has 0 aliphatic heterocycles. The number of hydrogen-bond acceptors (Lipinski definition) is 2. The van der Waals surface area contributed by atoms with Crippen LogP contribution in [0.25, 0.3) is 5.65 Å². The van der Waals surface area contributed by atoms with Crippen molar-refractivity contribution in [1.82, 2.24) is 14.6 Å². The molecule has 0 amide bonds. The summed E-state index contributed by atoms with van der Waals surface area (Å²) in [7, 11) is 0. The minimum atomic E-state index is -0.579. The molecule has 0 atom stereocenters. The van der Waals surface area contributed by atoms with E-state index < -0.39 is 6.67 Å². The Morgan fingerprint density at radius 3 is 2.85 bits per heavy atom. The first kappa shape index (κ1) is 8.16. The molecule has 2 rings (SSSR count). The summed E-state index contributed by atoms with van der Waals surface area (Å²) in [6.45, 7) is 3.33. The van der Waals surface area contributed by atoms with Gasteiger partial charge in [0, 0.05) is 6.20 Å². The maximum Gasteiger partial charge on any atom is 0.168 e. The van der Waals surface area contributed by atoms with Gasteiger partial charge in [-0.2, -0.15) is 0 Å². The van der Waals surface area contributed by atoms with Crippen molar-refractivity contribution in [1.29, 1.82) is 0 Å². The molecule has 0 bridgehead atoms. The quantitative estimate of drug-likeness (QED) is 0.668. The lowest BCUT2D eigenvalue weighted by molar-refractivity contribution is 0.462. The van der Waals surface area contributed by atoms with Crippen LogP contribution in [0.1, 0.15) is 17.0 Å². The van der Waals surface area contributed by atoms with Crippen LogP contribution in [0.3, 0.4) is 0 Å². The summed E-state index contributed by atoms with van der Waals surface area (Å²) in [4.78, 5) is 0. The van der Waals surface area contributed by atoms with E-state index in [0.29, 0.717) is 5.82 Å². The van der Waals surface area contributed by atoms with E-state index in [0.717, 1.165) is 16.8 Å². The zero-order valence-corrected chi connectivity index (χ0v) is 7.58. The molecule has 0 aromatic carbocycles. The standard InChI is InChI=1S/C9H10FN3/c1-6-3-7(2)9-12-11-8(4-10)13(9)5-6/h3,5H,4H2,1-2H3. The van der Waals surface area contributed by atoms with Crippen LogP contribution in [-0.4, -0.2) is 14.6 Å². The first-order valence-corrected chi connectivity index (χ1v) is 4.09. The zero-order valence-electron chi connectivity index (χ0n) is 7.58. The minimum Gasteiger partial charge on any atom is -0.284 e. The molecule has 0 saturated carbocycles. The van der Waals surface area contributed by atoms with E-state index in [-0.39, 0.29) is 0 Å². The smallest absolute Gasteiger partial charge is 0.168 e. The van der Waals surface area contributed by atoms with Crippen LogP contribution in [0, 0.1) is 13.8 Å². The molecule has 0 radical (unpaired) electrons. The minimum absolute atomic E-state index is 0.363. The predicted molar refractivity (Wildman–Crippen MR) is 47.3 cm³/mol. The van der Waals surface area contributed by atoms with Gasteiger partial charge in [-0.25, -0.2) is 4.39 Å². The van der Waals surface area contributed by atoms with Gasteiger partial charge in [0.25, 0.3) is 0 Å². The van der Waals surface area contributed by atoms with Crippen molar-refractivity contribution in [2.45, 2.75) is 20.5 Å². The molecular formula is C9H10FN3. The van der Waals surface area contributed by atoms with Gasteiger partial charge in [-0.05, 0) is 25.0 Å². The van der Waals surface area contributed by atoms with Gasteiger partial charge in [-0.3, -0.25) is 4.40 Å². The third-order valence-corrected chi connectivity index (χ3v) is 2.02. The normalized spacial score (nSPS) is 11.0. The summed E-state index contributed by atoms with van der Waals surface area (Å²) >= 11 is 0. The molecule has 0 saturated heterocycles. The molecule has 13 heavy (non-hydrogen) atoms. The lowest BCUT2D eigenvalue weighted by Gasteiger charge is -2.00. The van der Waals surface area contributed by atoms with Gasteiger partial charge >= 0.3 is 0 Å². The average Bonchev–Trinajstić information content (AvgIpc) is 2.47. The second-order valence-corrected chi connectivity index (χ2v) is 3.14. The number of halogens is 1. The van der Waals surface area contributed by atoms with Crippen molar-refractivity contribution < 1.29 is 4.39 Å². The molecule has 0 aliphatic rings. The van der Waals surface area contributed by atoms with E-state index in [1.54, 1.807) is 4.40 Å². The highest BCUT2D eigenvalue weighted by Crippen LogP contribution is 2.12. The SMILES string of the molecule is Cc1cc(C)c2nnc(CF)n2c1. The average molecular weight is 179 g/mol. The largest absolute Gasteiger partial charge is 0.284 e. The van der Waals surface area contributed by atoms with E-state index in [1.807, 2.05) is 26.1 Å². The van der Waals surface area contributed by atoms with Crippen LogP contribution in [0.2, 0.25) is 0 Å². The molecule has 0 spiro atoms. The zero-order chi connectivity index (χ0) is 9.42. The van der Waals surface area contributed by atoms with Crippen LogP contribution < -0.4 is 0 Å². The van der Waals surface area contributed by atoms with Crippen LogP contribution in [0.4, 0.5) is 4.39 Å². The van der Waals surface area contributed by atoms with Gasteiger partial charge < -0.3 is 0 Å². The summed E-state index contributed by atoms with van der Waals surface area (Å²) in [6, 6.07) is 2.01. The van der Waals surface area contributed by atoms with Crippen LogP contribution >= 0.6 is 0 Å². The molecule has 0 fully saturated rings. The van der Waals surface area contributed by atoms with Gasteiger partial charge in [0.1, 0.15) is 6.67 Å². The molecule has 0 unspecified atom stereocenters. The molecule has 2 heterocycles. The molecule has 0 N–H and O–H groups in total. The summed E-state index contributed by atoms with van der Waals surface area (Å²) in [5.74, 6) is 0.363. The topological polar surface area (TPSA) is 30.2 Å². The Bertz CT molecular complexity index is 447. The van der Waals surface area contributed by atoms with Crippen molar-refractivity contribution >= 4 is 5.65 Å². The van der Waals surface area contributed by atoms with Crippen LogP contribution in [0.15, 0.2) is 12.3 Å². The highest BCUT2D eigenvalue weighted by atomic mass is 19.1. The van der Waals surface area contributed by atoms with Gasteiger partial charge in [-0.1, -0.05) is 6.07 Å². The Kier molecular flexibility index (Phi) is 1.76. The van der Waals surface area contributed by atoms with Crippen LogP contribution in [-0.2, 0) is 6.67 Å². The summed E-state index contributed by atoms with van der Waals surface area (Å²) in [5, 5.41) is 7.66. The van der Waals surface area contributed by atoms with Crippen LogP contribution in [0.5, 0.6) is 0 Å². The molecule has 2 aromatic heterocycles. The van der Waals surface area contributed by atoms with Crippen molar-refractivity contribution in [2.24, 2.45) is 0 Å². The highest BCUT2D eigenvalue weighted by Gasteiger charge is 2.06. The first-order chi connectivity index (χ1) is 6.22. The van der Waals surface area contributed by atoms with Crippen molar-refractivity contribution in [3.63, 3.8) is 0 Å². The third-order valence-electron chi connectivity index (χ3n) is 2.02. The number of aryl methyl sites for hydroxylation is 2. The molecule has 68 valence electrons. The summed E-state index contributed by atoms with van der Waals surface area (Å²) < 4.78 is 14.1. The monoisotopic (exact) mass is 179 g/mol. The van der Waals surface area contributed by atoms with Gasteiger partial charge in [0.05, 0.1) is 0 Å². The van der Waals surface area contributed by atoms with E-state index in [1.165, 1.54) is 0 Å². The Labute approximate surface area is 75.2 Å². The number of nitrogens with zero attached hydrogens (tertiary/aromatic N) is 3. The summed E-state index contributed by atoms with van der Waals surface area (Å²) in [5.41, 5.74) is 2.84. The second kappa shape index (κ2) is 2.80. The maximum absolute atomic E-state index is 12.4. The molecular weight excluding hydrogens is 169 g/mol. The number of hydrogen-bond donors (Lipinski definition) is 0. The first-order valence-electron chi connectivity index (χ1n) is 4.09. The van der Waals surface area contributed by atoms with Gasteiger partial charge in [0.2, 0.25) is 0 Å². The number of fused-ring (bicyclic) bond motifs is 1. The van der Waals surface area contributed by atoms with Crippen molar-refractivity contribution in [3.8, 4) is 0 Å². The number of aromatic nitrogens is 3. The Morgan fingerprint density at radius 2 is 2.15 bits per heavy atom. The van der Waals surface area contributed by atoms with Crippen molar-refractivity contribution in [2.75, 3.05) is 0 Å². The second-order valence-electron chi connectivity index (χ2n) is 3.14. The molecule has 4 heteroatoms. The Morgan fingerprint density at radius 1 is 1.38 bits per heavy atom. The summed E-state index contributed by atoms with van der Waals surface area (Å²) in [6.07, 6.45) is 1.84. The van der Waals surface area contributed by atoms with E-state index in [9.17, 15) is 4.39 Å². The van der Waals surface area contributed by atoms with E-state index in [4.69, 9.17) is 0 Å². The van der Waals surface area contributed by atoms with E-state index in [2.05, 4.69) is 10.2 Å². The molecule has 2 aromatic rings. The maximum atomic E-state index is 12.4. The number of rotatable bonds is 1. The lowest BCUT2D eigenvalue weighted by atomic mass is 10.2. The third kappa shape index (κ3) is 1.18. The fraction of sp³-hybridized carbons (Fsp3) is 0.333. The fourth-order valence-corrected chi connectivity index (χ4v) is 1.47. The number of alkyl halides is 1.